The predicted octanol–water partition coefficient (Wildman–Crippen LogP) is 2.24. The first-order chi connectivity index (χ1) is 9.47. The Kier molecular flexibility index (Phi) is 3.93. The Morgan fingerprint density at radius 2 is 1.90 bits per heavy atom. The van der Waals surface area contributed by atoms with Crippen molar-refractivity contribution in [1.29, 1.82) is 0 Å². The summed E-state index contributed by atoms with van der Waals surface area (Å²) >= 11 is 0. The molecular weight excluding hydrogens is 259 g/mol. The standard InChI is InChI=1S/C14H15FN4O/c1-9-12(8-16-14(17-9)19(2)3)13(20)18-11-6-4-10(15)5-7-11/h4-8H,1-3H3,(H,18,20). The number of carbonyl (C=O) groups excluding carboxylic acids is 1. The number of carbonyl (C=O) groups is 1. The molecule has 6 heteroatoms. The molecule has 0 aliphatic carbocycles. The number of aryl methyl sites for hydroxylation is 1. The molecule has 0 atom stereocenters. The van der Waals surface area contributed by atoms with E-state index in [-0.39, 0.29) is 11.7 Å². The Morgan fingerprint density at radius 1 is 1.25 bits per heavy atom. The Bertz CT molecular complexity index is 626. The molecule has 0 unspecified atom stereocenters. The summed E-state index contributed by atoms with van der Waals surface area (Å²) in [7, 11) is 3.65. The number of hydrogen-bond acceptors (Lipinski definition) is 4. The SMILES string of the molecule is Cc1nc(N(C)C)ncc1C(=O)Nc1ccc(F)cc1. The minimum absolute atomic E-state index is 0.320. The quantitative estimate of drug-likeness (QED) is 0.932. The van der Waals surface area contributed by atoms with Crippen molar-refractivity contribution >= 4 is 17.5 Å². The van der Waals surface area contributed by atoms with Crippen LogP contribution >= 0.6 is 0 Å². The zero-order valence-corrected chi connectivity index (χ0v) is 11.5. The summed E-state index contributed by atoms with van der Waals surface area (Å²) < 4.78 is 12.8. The maximum Gasteiger partial charge on any atom is 0.259 e. The van der Waals surface area contributed by atoms with E-state index in [2.05, 4.69) is 15.3 Å². The average Bonchev–Trinajstić information content (AvgIpc) is 2.41. The van der Waals surface area contributed by atoms with Gasteiger partial charge in [0.2, 0.25) is 5.95 Å². The molecule has 0 bridgehead atoms. The molecule has 1 amide bonds. The van der Waals surface area contributed by atoms with Crippen LogP contribution in [0.4, 0.5) is 16.0 Å². The lowest BCUT2D eigenvalue weighted by Gasteiger charge is -2.12. The molecule has 0 aliphatic heterocycles. The lowest BCUT2D eigenvalue weighted by atomic mass is 10.2. The van der Waals surface area contributed by atoms with E-state index in [0.717, 1.165) is 0 Å². The lowest BCUT2D eigenvalue weighted by molar-refractivity contribution is 0.102. The molecule has 2 rings (SSSR count). The average molecular weight is 274 g/mol. The van der Waals surface area contributed by atoms with E-state index in [1.807, 2.05) is 14.1 Å². The molecule has 1 aromatic carbocycles. The number of hydrogen-bond donors (Lipinski definition) is 1. The van der Waals surface area contributed by atoms with E-state index in [1.54, 1.807) is 11.8 Å². The van der Waals surface area contributed by atoms with Crippen LogP contribution in [0.15, 0.2) is 30.5 Å². The van der Waals surface area contributed by atoms with Gasteiger partial charge in [0.05, 0.1) is 11.3 Å². The van der Waals surface area contributed by atoms with Gasteiger partial charge in [0.15, 0.2) is 0 Å². The molecule has 104 valence electrons. The molecule has 5 nitrogen and oxygen atoms in total. The highest BCUT2D eigenvalue weighted by molar-refractivity contribution is 6.04. The first kappa shape index (κ1) is 13.9. The van der Waals surface area contributed by atoms with Gasteiger partial charge in [-0.05, 0) is 31.2 Å². The largest absolute Gasteiger partial charge is 0.347 e. The van der Waals surface area contributed by atoms with Gasteiger partial charge in [0.1, 0.15) is 5.82 Å². The van der Waals surface area contributed by atoms with E-state index in [0.29, 0.717) is 22.9 Å². The number of benzene rings is 1. The summed E-state index contributed by atoms with van der Waals surface area (Å²) in [6.45, 7) is 1.74. The van der Waals surface area contributed by atoms with Gasteiger partial charge in [-0.2, -0.15) is 0 Å². The Balaban J connectivity index is 2.19. The van der Waals surface area contributed by atoms with Crippen molar-refractivity contribution in [3.63, 3.8) is 0 Å². The second kappa shape index (κ2) is 5.64. The van der Waals surface area contributed by atoms with Gasteiger partial charge >= 0.3 is 0 Å². The number of rotatable bonds is 3. The van der Waals surface area contributed by atoms with Crippen molar-refractivity contribution in [1.82, 2.24) is 9.97 Å². The van der Waals surface area contributed by atoms with Gasteiger partial charge in [-0.25, -0.2) is 14.4 Å². The summed E-state index contributed by atoms with van der Waals surface area (Å²) in [4.78, 5) is 22.2. The maximum absolute atomic E-state index is 12.8. The van der Waals surface area contributed by atoms with Crippen LogP contribution in [-0.4, -0.2) is 30.0 Å². The second-order valence-corrected chi connectivity index (χ2v) is 4.52. The number of nitrogens with one attached hydrogen (secondary N) is 1. The number of anilines is 2. The molecule has 1 heterocycles. The molecule has 20 heavy (non-hydrogen) atoms. The normalized spacial score (nSPS) is 10.2. The van der Waals surface area contributed by atoms with Gasteiger partial charge < -0.3 is 10.2 Å². The highest BCUT2D eigenvalue weighted by Gasteiger charge is 2.12. The highest BCUT2D eigenvalue weighted by Crippen LogP contribution is 2.13. The fraction of sp³-hybridized carbons (Fsp3) is 0.214. The second-order valence-electron chi connectivity index (χ2n) is 4.52. The molecule has 1 N–H and O–H groups in total. The van der Waals surface area contributed by atoms with Crippen molar-refractivity contribution in [2.24, 2.45) is 0 Å². The van der Waals surface area contributed by atoms with Gasteiger partial charge in [0, 0.05) is 26.0 Å². The number of halogens is 1. The Labute approximate surface area is 116 Å². The third-order valence-corrected chi connectivity index (χ3v) is 2.71. The molecule has 0 saturated heterocycles. The molecule has 0 aliphatic rings. The van der Waals surface area contributed by atoms with Crippen molar-refractivity contribution < 1.29 is 9.18 Å². The van der Waals surface area contributed by atoms with E-state index >= 15 is 0 Å². The molecule has 0 spiro atoms. The summed E-state index contributed by atoms with van der Waals surface area (Å²) in [6.07, 6.45) is 1.48. The van der Waals surface area contributed by atoms with Crippen LogP contribution in [-0.2, 0) is 0 Å². The topological polar surface area (TPSA) is 58.1 Å². The van der Waals surface area contributed by atoms with Crippen molar-refractivity contribution in [2.75, 3.05) is 24.3 Å². The smallest absolute Gasteiger partial charge is 0.259 e. The maximum atomic E-state index is 12.8. The summed E-state index contributed by atoms with van der Waals surface area (Å²) in [5, 5.41) is 2.68. The zero-order chi connectivity index (χ0) is 14.7. The number of amides is 1. The Hall–Kier alpha value is -2.50. The van der Waals surface area contributed by atoms with Gasteiger partial charge in [-0.3, -0.25) is 4.79 Å². The van der Waals surface area contributed by atoms with Crippen molar-refractivity contribution in [3.8, 4) is 0 Å². The molecule has 0 fully saturated rings. The highest BCUT2D eigenvalue weighted by atomic mass is 19.1. The summed E-state index contributed by atoms with van der Waals surface area (Å²) in [5.74, 6) is -0.127. The molecule has 2 aromatic rings. The monoisotopic (exact) mass is 274 g/mol. The van der Waals surface area contributed by atoms with Crippen LogP contribution in [0, 0.1) is 12.7 Å². The molecule has 1 aromatic heterocycles. The summed E-state index contributed by atoms with van der Waals surface area (Å²) in [5.41, 5.74) is 1.50. The van der Waals surface area contributed by atoms with Crippen LogP contribution < -0.4 is 10.2 Å². The minimum Gasteiger partial charge on any atom is -0.347 e. The zero-order valence-electron chi connectivity index (χ0n) is 11.5. The first-order valence-electron chi connectivity index (χ1n) is 6.05. The van der Waals surface area contributed by atoms with Crippen LogP contribution in [0.5, 0.6) is 0 Å². The van der Waals surface area contributed by atoms with Crippen LogP contribution in [0.2, 0.25) is 0 Å². The van der Waals surface area contributed by atoms with Crippen LogP contribution in [0.25, 0.3) is 0 Å². The van der Waals surface area contributed by atoms with E-state index < -0.39 is 0 Å². The van der Waals surface area contributed by atoms with Gasteiger partial charge in [-0.15, -0.1) is 0 Å². The fourth-order valence-electron chi connectivity index (χ4n) is 1.62. The van der Waals surface area contributed by atoms with Crippen molar-refractivity contribution in [2.45, 2.75) is 6.92 Å². The fourth-order valence-corrected chi connectivity index (χ4v) is 1.62. The predicted molar refractivity (Wildman–Crippen MR) is 75.4 cm³/mol. The van der Waals surface area contributed by atoms with E-state index in [1.165, 1.54) is 30.5 Å². The van der Waals surface area contributed by atoms with Gasteiger partial charge in [0.25, 0.3) is 5.91 Å². The van der Waals surface area contributed by atoms with Crippen molar-refractivity contribution in [3.05, 3.63) is 47.5 Å². The Morgan fingerprint density at radius 3 is 2.45 bits per heavy atom. The van der Waals surface area contributed by atoms with E-state index in [4.69, 9.17) is 0 Å². The van der Waals surface area contributed by atoms with Crippen LogP contribution in [0.3, 0.4) is 0 Å². The number of nitrogens with zero attached hydrogens (tertiary/aromatic N) is 3. The molecule has 0 saturated carbocycles. The first-order valence-corrected chi connectivity index (χ1v) is 6.05. The molecular formula is C14H15FN4O. The molecule has 0 radical (unpaired) electrons. The third-order valence-electron chi connectivity index (χ3n) is 2.71. The van der Waals surface area contributed by atoms with Crippen LogP contribution in [0.1, 0.15) is 16.1 Å². The minimum atomic E-state index is -0.349. The summed E-state index contributed by atoms with van der Waals surface area (Å²) in [6, 6.07) is 5.57. The number of aromatic nitrogens is 2. The third kappa shape index (κ3) is 3.09. The lowest BCUT2D eigenvalue weighted by Crippen LogP contribution is -2.18. The van der Waals surface area contributed by atoms with E-state index in [9.17, 15) is 9.18 Å². The van der Waals surface area contributed by atoms with Gasteiger partial charge in [-0.1, -0.05) is 0 Å².